The van der Waals surface area contributed by atoms with E-state index in [0.717, 1.165) is 6.07 Å². The van der Waals surface area contributed by atoms with Gasteiger partial charge in [0.2, 0.25) is 16.9 Å². The molecule has 26 heavy (non-hydrogen) atoms. The van der Waals surface area contributed by atoms with Gasteiger partial charge in [-0.3, -0.25) is 9.59 Å². The van der Waals surface area contributed by atoms with Crippen LogP contribution in [-0.4, -0.2) is 37.5 Å². The number of hydrogen-bond acceptors (Lipinski definition) is 8. The molecule has 1 aromatic carbocycles. The first-order valence-corrected chi connectivity index (χ1v) is 7.67. The molecule has 0 saturated heterocycles. The second kappa shape index (κ2) is 7.81. The number of ether oxygens (including phenoxy) is 3. The number of carbonyl (C=O) groups is 1. The van der Waals surface area contributed by atoms with Crippen LogP contribution < -0.4 is 14.9 Å². The standard InChI is InChI=1S/C18H20O8/c1-9-5-12(19)16(21)18(26-9)11(8-15(20)25-4)10-6-13(23-2)17(22)14(7-10)24-3/h5-7,11,21-22H,8H2,1-4H3. The number of methoxy groups -OCH3 is 3. The van der Waals surface area contributed by atoms with Crippen molar-refractivity contribution in [2.45, 2.75) is 19.3 Å². The summed E-state index contributed by atoms with van der Waals surface area (Å²) >= 11 is 0. The van der Waals surface area contributed by atoms with Gasteiger partial charge in [0.05, 0.1) is 33.7 Å². The molecule has 2 N–H and O–H groups in total. The molecule has 8 heteroatoms. The fraction of sp³-hybridized carbons (Fsp3) is 0.333. The Hall–Kier alpha value is -3.16. The van der Waals surface area contributed by atoms with Gasteiger partial charge in [-0.05, 0) is 24.6 Å². The molecule has 8 nitrogen and oxygen atoms in total. The molecule has 1 aromatic heterocycles. The Kier molecular flexibility index (Phi) is 5.76. The van der Waals surface area contributed by atoms with Crippen molar-refractivity contribution in [1.29, 1.82) is 0 Å². The molecule has 0 amide bonds. The molecular weight excluding hydrogens is 344 g/mol. The number of carbonyl (C=O) groups excluding carboxylic acids is 1. The molecule has 2 rings (SSSR count). The van der Waals surface area contributed by atoms with E-state index in [9.17, 15) is 19.8 Å². The van der Waals surface area contributed by atoms with Crippen LogP contribution in [0, 0.1) is 6.92 Å². The minimum atomic E-state index is -0.863. The van der Waals surface area contributed by atoms with Gasteiger partial charge in [0.1, 0.15) is 5.76 Å². The first kappa shape index (κ1) is 19.2. The molecule has 0 bridgehead atoms. The van der Waals surface area contributed by atoms with Crippen LogP contribution in [0.2, 0.25) is 0 Å². The molecule has 0 saturated carbocycles. The van der Waals surface area contributed by atoms with Crippen molar-refractivity contribution in [3.63, 3.8) is 0 Å². The maximum absolute atomic E-state index is 11.9. The fourth-order valence-corrected chi connectivity index (χ4v) is 2.59. The van der Waals surface area contributed by atoms with Gasteiger partial charge in [0.15, 0.2) is 17.3 Å². The van der Waals surface area contributed by atoms with Gasteiger partial charge in [-0.15, -0.1) is 0 Å². The molecular formula is C18H20O8. The van der Waals surface area contributed by atoms with E-state index in [1.54, 1.807) is 6.92 Å². The number of esters is 1. The normalized spacial score (nSPS) is 11.7. The SMILES string of the molecule is COC(=O)CC(c1cc(OC)c(O)c(OC)c1)c1oc(C)cc(=O)c1O. The third-order valence-electron chi connectivity index (χ3n) is 3.89. The van der Waals surface area contributed by atoms with E-state index in [4.69, 9.17) is 18.6 Å². The Morgan fingerprint density at radius 3 is 2.15 bits per heavy atom. The van der Waals surface area contributed by atoms with E-state index >= 15 is 0 Å². The van der Waals surface area contributed by atoms with Crippen molar-refractivity contribution in [2.75, 3.05) is 21.3 Å². The highest BCUT2D eigenvalue weighted by atomic mass is 16.5. The van der Waals surface area contributed by atoms with E-state index < -0.39 is 23.1 Å². The second-order valence-corrected chi connectivity index (χ2v) is 5.54. The number of aryl methyl sites for hydroxylation is 1. The number of phenolic OH excluding ortho intramolecular Hbond substituents is 1. The predicted octanol–water partition coefficient (Wildman–Crippen LogP) is 2.07. The highest BCUT2D eigenvalue weighted by molar-refractivity contribution is 5.71. The van der Waals surface area contributed by atoms with Gasteiger partial charge in [-0.2, -0.15) is 0 Å². The maximum Gasteiger partial charge on any atom is 0.306 e. The van der Waals surface area contributed by atoms with Gasteiger partial charge in [0, 0.05) is 6.07 Å². The van der Waals surface area contributed by atoms with Crippen molar-refractivity contribution in [3.05, 3.63) is 45.5 Å². The Morgan fingerprint density at radius 1 is 1.08 bits per heavy atom. The van der Waals surface area contributed by atoms with Crippen LogP contribution in [0.5, 0.6) is 23.0 Å². The Labute approximate surface area is 149 Å². The molecule has 1 heterocycles. The minimum Gasteiger partial charge on any atom is -0.502 e. The van der Waals surface area contributed by atoms with Gasteiger partial charge in [-0.25, -0.2) is 0 Å². The lowest BCUT2D eigenvalue weighted by Crippen LogP contribution is -2.14. The van der Waals surface area contributed by atoms with Crippen molar-refractivity contribution in [1.82, 2.24) is 0 Å². The highest BCUT2D eigenvalue weighted by Crippen LogP contribution is 2.42. The third-order valence-corrected chi connectivity index (χ3v) is 3.89. The molecule has 0 spiro atoms. The van der Waals surface area contributed by atoms with E-state index in [-0.39, 0.29) is 35.2 Å². The van der Waals surface area contributed by atoms with Crippen molar-refractivity contribution in [2.24, 2.45) is 0 Å². The summed E-state index contributed by atoms with van der Waals surface area (Å²) in [6.07, 6.45) is -0.215. The van der Waals surface area contributed by atoms with Crippen molar-refractivity contribution >= 4 is 5.97 Å². The average Bonchev–Trinajstić information content (AvgIpc) is 2.62. The quantitative estimate of drug-likeness (QED) is 0.749. The molecule has 0 radical (unpaired) electrons. The number of aromatic hydroxyl groups is 2. The van der Waals surface area contributed by atoms with Crippen LogP contribution in [0.3, 0.4) is 0 Å². The van der Waals surface area contributed by atoms with Gasteiger partial charge < -0.3 is 28.8 Å². The van der Waals surface area contributed by atoms with Crippen molar-refractivity contribution < 1.29 is 33.6 Å². The molecule has 0 aliphatic carbocycles. The van der Waals surface area contributed by atoms with Crippen LogP contribution in [0.25, 0.3) is 0 Å². The Balaban J connectivity index is 2.71. The predicted molar refractivity (Wildman–Crippen MR) is 91.1 cm³/mol. The van der Waals surface area contributed by atoms with Crippen LogP contribution in [-0.2, 0) is 9.53 Å². The maximum atomic E-state index is 11.9. The Bertz CT molecular complexity index is 843. The summed E-state index contributed by atoms with van der Waals surface area (Å²) in [5.41, 5.74) is -0.206. The largest absolute Gasteiger partial charge is 0.502 e. The van der Waals surface area contributed by atoms with Crippen LogP contribution in [0.15, 0.2) is 27.4 Å². The zero-order chi connectivity index (χ0) is 19.4. The first-order valence-electron chi connectivity index (χ1n) is 7.67. The van der Waals surface area contributed by atoms with Crippen LogP contribution in [0.4, 0.5) is 0 Å². The zero-order valence-corrected chi connectivity index (χ0v) is 14.9. The van der Waals surface area contributed by atoms with E-state index in [0.29, 0.717) is 5.56 Å². The molecule has 140 valence electrons. The fourth-order valence-electron chi connectivity index (χ4n) is 2.59. The molecule has 1 atom stereocenters. The Morgan fingerprint density at radius 2 is 1.65 bits per heavy atom. The smallest absolute Gasteiger partial charge is 0.306 e. The second-order valence-electron chi connectivity index (χ2n) is 5.54. The summed E-state index contributed by atoms with van der Waals surface area (Å²) in [5, 5.41) is 20.2. The summed E-state index contributed by atoms with van der Waals surface area (Å²) < 4.78 is 20.5. The molecule has 2 aromatic rings. The third kappa shape index (κ3) is 3.74. The van der Waals surface area contributed by atoms with Crippen LogP contribution >= 0.6 is 0 Å². The van der Waals surface area contributed by atoms with E-state index in [1.807, 2.05) is 0 Å². The topological polar surface area (TPSA) is 115 Å². The number of benzene rings is 1. The number of hydrogen-bond donors (Lipinski definition) is 2. The molecule has 1 unspecified atom stereocenters. The monoisotopic (exact) mass is 364 g/mol. The lowest BCUT2D eigenvalue weighted by molar-refractivity contribution is -0.140. The first-order chi connectivity index (χ1) is 12.3. The van der Waals surface area contributed by atoms with Crippen molar-refractivity contribution in [3.8, 4) is 23.0 Å². The average molecular weight is 364 g/mol. The summed E-state index contributed by atoms with van der Waals surface area (Å²) in [5.74, 6) is -1.87. The van der Waals surface area contributed by atoms with Crippen LogP contribution in [0.1, 0.15) is 29.4 Å². The number of phenols is 1. The van der Waals surface area contributed by atoms with Gasteiger partial charge in [0.25, 0.3) is 0 Å². The van der Waals surface area contributed by atoms with Gasteiger partial charge in [-0.1, -0.05) is 0 Å². The van der Waals surface area contributed by atoms with E-state index in [1.165, 1.54) is 33.5 Å². The number of rotatable bonds is 6. The lowest BCUT2D eigenvalue weighted by atomic mass is 9.91. The summed E-state index contributed by atoms with van der Waals surface area (Å²) in [4.78, 5) is 23.8. The van der Waals surface area contributed by atoms with Gasteiger partial charge >= 0.3 is 5.97 Å². The molecule has 0 aliphatic heterocycles. The highest BCUT2D eigenvalue weighted by Gasteiger charge is 2.28. The van der Waals surface area contributed by atoms with E-state index in [2.05, 4.69) is 0 Å². The lowest BCUT2D eigenvalue weighted by Gasteiger charge is -2.19. The molecule has 0 fully saturated rings. The molecule has 0 aliphatic rings. The zero-order valence-electron chi connectivity index (χ0n) is 14.9. The summed E-state index contributed by atoms with van der Waals surface area (Å²) in [7, 11) is 3.94. The summed E-state index contributed by atoms with van der Waals surface area (Å²) in [6.45, 7) is 1.55. The minimum absolute atomic E-state index is 0.0878. The summed E-state index contributed by atoms with van der Waals surface area (Å²) in [6, 6.07) is 4.08.